The molecule has 5 heteroatoms. The monoisotopic (exact) mass is 313 g/mol. The Hall–Kier alpha value is -2.30. The second-order valence-electron chi connectivity index (χ2n) is 6.22. The van der Waals surface area contributed by atoms with Crippen molar-refractivity contribution < 1.29 is 9.59 Å². The molecular weight excluding hydrogens is 290 g/mol. The number of fused-ring (bicyclic) bond motifs is 1. The molecule has 23 heavy (non-hydrogen) atoms. The molecule has 1 fully saturated rings. The standard InChI is InChI=1S/C18H23N3O2/c22-17(10-13-11-19-16-9-5-4-8-15(13)16)20-12-18(23)21-14-6-2-1-3-7-14/h4-5,8-9,11,14,19H,1-3,6-7,10,12H2,(H,20,22)(H,21,23). The van der Waals surface area contributed by atoms with Gasteiger partial charge < -0.3 is 15.6 Å². The first-order chi connectivity index (χ1) is 11.2. The molecule has 1 aromatic carbocycles. The van der Waals surface area contributed by atoms with Gasteiger partial charge in [0.2, 0.25) is 11.8 Å². The van der Waals surface area contributed by atoms with Gasteiger partial charge in [-0.1, -0.05) is 37.5 Å². The molecule has 1 heterocycles. The number of rotatable bonds is 5. The van der Waals surface area contributed by atoms with Crippen LogP contribution in [0.3, 0.4) is 0 Å². The Balaban J connectivity index is 1.46. The van der Waals surface area contributed by atoms with Crippen molar-refractivity contribution in [2.24, 2.45) is 0 Å². The molecule has 0 aliphatic heterocycles. The van der Waals surface area contributed by atoms with E-state index in [1.54, 1.807) is 0 Å². The van der Waals surface area contributed by atoms with Crippen LogP contribution in [0.15, 0.2) is 30.5 Å². The van der Waals surface area contributed by atoms with E-state index in [0.29, 0.717) is 0 Å². The first-order valence-corrected chi connectivity index (χ1v) is 8.33. The number of H-pyrrole nitrogens is 1. The molecule has 3 rings (SSSR count). The van der Waals surface area contributed by atoms with Gasteiger partial charge in [0.05, 0.1) is 13.0 Å². The summed E-state index contributed by atoms with van der Waals surface area (Å²) in [7, 11) is 0. The molecule has 0 atom stereocenters. The lowest BCUT2D eigenvalue weighted by Gasteiger charge is -2.22. The maximum absolute atomic E-state index is 12.0. The van der Waals surface area contributed by atoms with Crippen LogP contribution in [0, 0.1) is 0 Å². The van der Waals surface area contributed by atoms with Crippen molar-refractivity contribution in [3.8, 4) is 0 Å². The van der Waals surface area contributed by atoms with Gasteiger partial charge in [0.25, 0.3) is 0 Å². The summed E-state index contributed by atoms with van der Waals surface area (Å²) in [6.45, 7) is 0.0533. The predicted molar refractivity (Wildman–Crippen MR) is 90.0 cm³/mol. The smallest absolute Gasteiger partial charge is 0.239 e. The fourth-order valence-electron chi connectivity index (χ4n) is 3.22. The van der Waals surface area contributed by atoms with E-state index < -0.39 is 0 Å². The minimum atomic E-state index is -0.131. The number of hydrogen-bond donors (Lipinski definition) is 3. The second kappa shape index (κ2) is 7.31. The number of nitrogens with one attached hydrogen (secondary N) is 3. The van der Waals surface area contributed by atoms with Crippen LogP contribution in [-0.4, -0.2) is 29.4 Å². The number of aromatic amines is 1. The van der Waals surface area contributed by atoms with E-state index in [1.807, 2.05) is 30.5 Å². The van der Waals surface area contributed by atoms with Crippen molar-refractivity contribution in [1.29, 1.82) is 0 Å². The molecular formula is C18H23N3O2. The van der Waals surface area contributed by atoms with Crippen molar-refractivity contribution in [1.82, 2.24) is 15.6 Å². The Kier molecular flexibility index (Phi) is 4.95. The van der Waals surface area contributed by atoms with Gasteiger partial charge in [-0.2, -0.15) is 0 Å². The molecule has 1 aliphatic rings. The zero-order chi connectivity index (χ0) is 16.1. The van der Waals surface area contributed by atoms with E-state index >= 15 is 0 Å². The first kappa shape index (κ1) is 15.6. The zero-order valence-corrected chi connectivity index (χ0v) is 13.2. The Bertz CT molecular complexity index is 686. The highest BCUT2D eigenvalue weighted by Gasteiger charge is 2.16. The van der Waals surface area contributed by atoms with Gasteiger partial charge in [-0.25, -0.2) is 0 Å². The van der Waals surface area contributed by atoms with Crippen LogP contribution >= 0.6 is 0 Å². The van der Waals surface area contributed by atoms with E-state index in [9.17, 15) is 9.59 Å². The third-order valence-corrected chi connectivity index (χ3v) is 4.44. The van der Waals surface area contributed by atoms with Gasteiger partial charge in [-0.3, -0.25) is 9.59 Å². The fourth-order valence-corrected chi connectivity index (χ4v) is 3.22. The summed E-state index contributed by atoms with van der Waals surface area (Å²) in [4.78, 5) is 27.1. The number of para-hydroxylation sites is 1. The molecule has 1 aliphatic carbocycles. The SMILES string of the molecule is O=C(Cc1c[nH]c2ccccc12)NCC(=O)NC1CCCCC1. The van der Waals surface area contributed by atoms with Crippen LogP contribution in [-0.2, 0) is 16.0 Å². The predicted octanol–water partition coefficient (Wildman–Crippen LogP) is 2.28. The number of benzene rings is 1. The first-order valence-electron chi connectivity index (χ1n) is 8.33. The summed E-state index contributed by atoms with van der Waals surface area (Å²) in [5.41, 5.74) is 1.97. The van der Waals surface area contributed by atoms with Crippen LogP contribution in [0.1, 0.15) is 37.7 Å². The number of aromatic nitrogens is 1. The van der Waals surface area contributed by atoms with Gasteiger partial charge >= 0.3 is 0 Å². The fraction of sp³-hybridized carbons (Fsp3) is 0.444. The third-order valence-electron chi connectivity index (χ3n) is 4.44. The summed E-state index contributed by atoms with van der Waals surface area (Å²) in [6.07, 6.45) is 7.85. The van der Waals surface area contributed by atoms with Crippen molar-refractivity contribution in [2.45, 2.75) is 44.6 Å². The highest BCUT2D eigenvalue weighted by Crippen LogP contribution is 2.18. The van der Waals surface area contributed by atoms with Gasteiger partial charge in [0, 0.05) is 23.1 Å². The quantitative estimate of drug-likeness (QED) is 0.792. The molecule has 5 nitrogen and oxygen atoms in total. The average Bonchev–Trinajstić information content (AvgIpc) is 2.97. The van der Waals surface area contributed by atoms with Crippen molar-refractivity contribution in [2.75, 3.05) is 6.54 Å². The highest BCUT2D eigenvalue weighted by atomic mass is 16.2. The third kappa shape index (κ3) is 4.12. The largest absolute Gasteiger partial charge is 0.361 e. The van der Waals surface area contributed by atoms with Crippen LogP contribution in [0.25, 0.3) is 10.9 Å². The minimum absolute atomic E-state index is 0.0533. The number of amides is 2. The molecule has 0 saturated heterocycles. The zero-order valence-electron chi connectivity index (χ0n) is 13.2. The van der Waals surface area contributed by atoms with E-state index in [1.165, 1.54) is 19.3 Å². The van der Waals surface area contributed by atoms with Crippen LogP contribution in [0.4, 0.5) is 0 Å². The summed E-state index contributed by atoms with van der Waals surface area (Å²) < 4.78 is 0. The molecule has 1 saturated carbocycles. The van der Waals surface area contributed by atoms with E-state index in [0.717, 1.165) is 29.3 Å². The van der Waals surface area contributed by atoms with Crippen LogP contribution < -0.4 is 10.6 Å². The lowest BCUT2D eigenvalue weighted by atomic mass is 9.95. The molecule has 3 N–H and O–H groups in total. The lowest BCUT2D eigenvalue weighted by Crippen LogP contribution is -2.43. The Morgan fingerprint density at radius 1 is 1.09 bits per heavy atom. The Morgan fingerprint density at radius 2 is 1.87 bits per heavy atom. The van der Waals surface area contributed by atoms with E-state index in [2.05, 4.69) is 15.6 Å². The van der Waals surface area contributed by atoms with Crippen molar-refractivity contribution in [3.63, 3.8) is 0 Å². The van der Waals surface area contributed by atoms with E-state index in [-0.39, 0.29) is 30.8 Å². The molecule has 2 aromatic rings. The molecule has 0 unspecified atom stereocenters. The number of carbonyl (C=O) groups is 2. The average molecular weight is 313 g/mol. The molecule has 0 radical (unpaired) electrons. The molecule has 0 bridgehead atoms. The van der Waals surface area contributed by atoms with Crippen LogP contribution in [0.2, 0.25) is 0 Å². The summed E-state index contributed by atoms with van der Waals surface area (Å²) in [5.74, 6) is -0.224. The second-order valence-corrected chi connectivity index (χ2v) is 6.22. The summed E-state index contributed by atoms with van der Waals surface area (Å²) in [5, 5.41) is 6.76. The Morgan fingerprint density at radius 3 is 2.70 bits per heavy atom. The van der Waals surface area contributed by atoms with Gasteiger partial charge in [0.1, 0.15) is 0 Å². The lowest BCUT2D eigenvalue weighted by molar-refractivity contribution is -0.126. The maximum atomic E-state index is 12.0. The molecule has 1 aromatic heterocycles. The number of carbonyl (C=O) groups excluding carboxylic acids is 2. The van der Waals surface area contributed by atoms with Crippen molar-refractivity contribution >= 4 is 22.7 Å². The highest BCUT2D eigenvalue weighted by molar-refractivity contribution is 5.90. The molecule has 2 amide bonds. The molecule has 122 valence electrons. The topological polar surface area (TPSA) is 74.0 Å². The summed E-state index contributed by atoms with van der Waals surface area (Å²) in [6, 6.07) is 8.16. The van der Waals surface area contributed by atoms with Gasteiger partial charge in [-0.05, 0) is 24.5 Å². The minimum Gasteiger partial charge on any atom is -0.361 e. The van der Waals surface area contributed by atoms with Gasteiger partial charge in [-0.15, -0.1) is 0 Å². The maximum Gasteiger partial charge on any atom is 0.239 e. The normalized spacial score (nSPS) is 15.5. The summed E-state index contributed by atoms with van der Waals surface area (Å²) >= 11 is 0. The van der Waals surface area contributed by atoms with Crippen LogP contribution in [0.5, 0.6) is 0 Å². The van der Waals surface area contributed by atoms with Gasteiger partial charge in [0.15, 0.2) is 0 Å². The number of hydrogen-bond acceptors (Lipinski definition) is 2. The molecule has 0 spiro atoms. The van der Waals surface area contributed by atoms with Crippen molar-refractivity contribution in [3.05, 3.63) is 36.0 Å². The van der Waals surface area contributed by atoms with E-state index in [4.69, 9.17) is 0 Å². The Labute approximate surface area is 135 Å².